The van der Waals surface area contributed by atoms with Crippen molar-refractivity contribution < 1.29 is 14.4 Å². The van der Waals surface area contributed by atoms with E-state index in [0.29, 0.717) is 28.9 Å². The van der Waals surface area contributed by atoms with Crippen molar-refractivity contribution >= 4 is 34.8 Å². The van der Waals surface area contributed by atoms with Crippen LogP contribution in [0.5, 0.6) is 0 Å². The summed E-state index contributed by atoms with van der Waals surface area (Å²) in [5.41, 5.74) is 0.554. The predicted octanol–water partition coefficient (Wildman–Crippen LogP) is 1.24. The van der Waals surface area contributed by atoms with Gasteiger partial charge in [-0.3, -0.25) is 4.79 Å². The highest BCUT2D eigenvalue weighted by Gasteiger charge is 2.27. The fourth-order valence-corrected chi connectivity index (χ4v) is 2.42. The van der Waals surface area contributed by atoms with Gasteiger partial charge in [0.1, 0.15) is 13.1 Å². The van der Waals surface area contributed by atoms with Gasteiger partial charge in [0.2, 0.25) is 0 Å². The summed E-state index contributed by atoms with van der Waals surface area (Å²) in [6.07, 6.45) is 0. The molecule has 2 N–H and O–H groups in total. The van der Waals surface area contributed by atoms with E-state index in [-0.39, 0.29) is 11.9 Å². The Morgan fingerprint density at radius 1 is 1.37 bits per heavy atom. The van der Waals surface area contributed by atoms with Crippen LogP contribution >= 0.6 is 23.2 Å². The van der Waals surface area contributed by atoms with E-state index in [4.69, 9.17) is 27.9 Å². The molecule has 1 aliphatic rings. The molecular weight excluding hydrogens is 287 g/mol. The molecule has 0 bridgehead atoms. The second-order valence-corrected chi connectivity index (χ2v) is 5.45. The van der Waals surface area contributed by atoms with Crippen LogP contribution < -0.4 is 10.2 Å². The molecule has 0 saturated carbocycles. The lowest BCUT2D eigenvalue weighted by molar-refractivity contribution is -0.921. The first kappa shape index (κ1) is 14.6. The molecule has 6 heteroatoms. The second kappa shape index (κ2) is 6.57. The molecule has 0 aromatic heterocycles. The lowest BCUT2D eigenvalue weighted by Gasteiger charge is -2.28. The van der Waals surface area contributed by atoms with Crippen molar-refractivity contribution in [2.24, 2.45) is 0 Å². The van der Waals surface area contributed by atoms with Gasteiger partial charge in [-0.1, -0.05) is 23.2 Å². The molecule has 1 atom stereocenters. The third-order valence-corrected chi connectivity index (χ3v) is 3.89. The quantitative estimate of drug-likeness (QED) is 0.882. The molecule has 104 valence electrons. The molecule has 1 aliphatic heterocycles. The molecule has 4 nitrogen and oxygen atoms in total. The number of hydrogen-bond acceptors (Lipinski definition) is 2. The van der Waals surface area contributed by atoms with E-state index in [0.717, 1.165) is 13.1 Å². The highest BCUT2D eigenvalue weighted by atomic mass is 35.5. The summed E-state index contributed by atoms with van der Waals surface area (Å²) in [5.74, 6) is -0.0546. The van der Waals surface area contributed by atoms with E-state index in [1.54, 1.807) is 18.2 Å². The summed E-state index contributed by atoms with van der Waals surface area (Å²) in [6.45, 7) is 5.00. The Balaban J connectivity index is 2.01. The first-order valence-electron chi connectivity index (χ1n) is 6.26. The minimum Gasteiger partial charge on any atom is -0.370 e. The maximum Gasteiger partial charge on any atom is 0.282 e. The van der Waals surface area contributed by atoms with Crippen LogP contribution in [0.2, 0.25) is 10.0 Å². The normalized spacial score (nSPS) is 18.1. The number of rotatable bonds is 3. The molecule has 1 fully saturated rings. The van der Waals surface area contributed by atoms with Gasteiger partial charge in [0.05, 0.1) is 23.9 Å². The highest BCUT2D eigenvalue weighted by molar-refractivity contribution is 6.35. The van der Waals surface area contributed by atoms with Gasteiger partial charge in [0.15, 0.2) is 6.04 Å². The zero-order valence-electron chi connectivity index (χ0n) is 10.7. The lowest BCUT2D eigenvalue weighted by Crippen LogP contribution is -3.18. The number of quaternary nitrogens is 1. The Morgan fingerprint density at radius 2 is 2.05 bits per heavy atom. The van der Waals surface area contributed by atoms with E-state index in [2.05, 4.69) is 5.32 Å². The molecule has 1 aromatic carbocycles. The fourth-order valence-electron chi connectivity index (χ4n) is 2.09. The maximum absolute atomic E-state index is 12.2. The summed E-state index contributed by atoms with van der Waals surface area (Å²) < 4.78 is 5.29. The third kappa shape index (κ3) is 3.83. The van der Waals surface area contributed by atoms with Gasteiger partial charge in [-0.05, 0) is 25.1 Å². The smallest absolute Gasteiger partial charge is 0.282 e. The Hall–Kier alpha value is -0.810. The molecule has 1 saturated heterocycles. The van der Waals surface area contributed by atoms with E-state index in [1.807, 2.05) is 6.92 Å². The van der Waals surface area contributed by atoms with E-state index < -0.39 is 0 Å². The zero-order valence-corrected chi connectivity index (χ0v) is 12.2. The Bertz CT molecular complexity index is 462. The molecule has 2 rings (SSSR count). The van der Waals surface area contributed by atoms with Gasteiger partial charge >= 0.3 is 0 Å². The van der Waals surface area contributed by atoms with Gasteiger partial charge in [-0.25, -0.2) is 0 Å². The molecule has 0 radical (unpaired) electrons. The number of carbonyl (C=O) groups excluding carboxylic acids is 1. The van der Waals surface area contributed by atoms with Gasteiger partial charge in [0, 0.05) is 5.02 Å². The molecular formula is C13H17Cl2N2O2+. The van der Waals surface area contributed by atoms with E-state index >= 15 is 0 Å². The SMILES string of the molecule is C[C@H](C(=O)Nc1cc(Cl)ccc1Cl)[NH+]1CCOCC1. The Labute approximate surface area is 122 Å². The van der Waals surface area contributed by atoms with Crippen molar-refractivity contribution in [3.8, 4) is 0 Å². The van der Waals surface area contributed by atoms with Crippen LogP contribution in [0, 0.1) is 0 Å². The van der Waals surface area contributed by atoms with Crippen LogP contribution in [0.1, 0.15) is 6.92 Å². The number of ether oxygens (including phenoxy) is 1. The maximum atomic E-state index is 12.2. The first-order valence-corrected chi connectivity index (χ1v) is 7.02. The van der Waals surface area contributed by atoms with Crippen molar-refractivity contribution in [2.45, 2.75) is 13.0 Å². The number of morpholine rings is 1. The van der Waals surface area contributed by atoms with Crippen LogP contribution in [0.3, 0.4) is 0 Å². The standard InChI is InChI=1S/C13H16Cl2N2O2/c1-9(17-4-6-19-7-5-17)13(18)16-12-8-10(14)2-3-11(12)15/h2-3,8-9H,4-7H2,1H3,(H,16,18)/p+1/t9-/m1/s1. The Kier molecular flexibility index (Phi) is 5.05. The van der Waals surface area contributed by atoms with Crippen LogP contribution in [0.15, 0.2) is 18.2 Å². The minimum atomic E-state index is -0.140. The van der Waals surface area contributed by atoms with Gasteiger partial charge < -0.3 is 15.0 Å². The summed E-state index contributed by atoms with van der Waals surface area (Å²) in [5, 5.41) is 3.87. The van der Waals surface area contributed by atoms with Crippen molar-refractivity contribution in [3.63, 3.8) is 0 Å². The molecule has 1 heterocycles. The summed E-state index contributed by atoms with van der Waals surface area (Å²) >= 11 is 11.9. The van der Waals surface area contributed by atoms with Gasteiger partial charge in [-0.15, -0.1) is 0 Å². The Morgan fingerprint density at radius 3 is 2.74 bits per heavy atom. The average molecular weight is 304 g/mol. The number of amides is 1. The van der Waals surface area contributed by atoms with Crippen molar-refractivity contribution in [2.75, 3.05) is 31.6 Å². The minimum absolute atomic E-state index is 0.0546. The van der Waals surface area contributed by atoms with Crippen molar-refractivity contribution in [3.05, 3.63) is 28.2 Å². The number of carbonyl (C=O) groups is 1. The molecule has 1 aromatic rings. The zero-order chi connectivity index (χ0) is 13.8. The highest BCUT2D eigenvalue weighted by Crippen LogP contribution is 2.25. The topological polar surface area (TPSA) is 42.8 Å². The fraction of sp³-hybridized carbons (Fsp3) is 0.462. The van der Waals surface area contributed by atoms with Crippen LogP contribution in [-0.2, 0) is 9.53 Å². The van der Waals surface area contributed by atoms with Gasteiger partial charge in [0.25, 0.3) is 5.91 Å². The monoisotopic (exact) mass is 303 g/mol. The number of halogens is 2. The van der Waals surface area contributed by atoms with Crippen molar-refractivity contribution in [1.82, 2.24) is 0 Å². The van der Waals surface area contributed by atoms with E-state index in [9.17, 15) is 4.79 Å². The largest absolute Gasteiger partial charge is 0.370 e. The predicted molar refractivity (Wildman–Crippen MR) is 76.1 cm³/mol. The van der Waals surface area contributed by atoms with Crippen LogP contribution in [0.25, 0.3) is 0 Å². The number of benzene rings is 1. The molecule has 0 unspecified atom stereocenters. The number of hydrogen-bond donors (Lipinski definition) is 2. The summed E-state index contributed by atoms with van der Waals surface area (Å²) in [4.78, 5) is 13.4. The third-order valence-electron chi connectivity index (χ3n) is 3.33. The second-order valence-electron chi connectivity index (χ2n) is 4.61. The van der Waals surface area contributed by atoms with Crippen LogP contribution in [0.4, 0.5) is 5.69 Å². The van der Waals surface area contributed by atoms with Crippen LogP contribution in [-0.4, -0.2) is 38.3 Å². The number of anilines is 1. The summed E-state index contributed by atoms with van der Waals surface area (Å²) in [7, 11) is 0. The molecule has 19 heavy (non-hydrogen) atoms. The van der Waals surface area contributed by atoms with Crippen molar-refractivity contribution in [1.29, 1.82) is 0 Å². The summed E-state index contributed by atoms with van der Waals surface area (Å²) in [6, 6.07) is 4.88. The number of nitrogens with one attached hydrogen (secondary N) is 2. The molecule has 0 aliphatic carbocycles. The first-order chi connectivity index (χ1) is 9.08. The molecule has 0 spiro atoms. The molecule has 1 amide bonds. The van der Waals surface area contributed by atoms with E-state index in [1.165, 1.54) is 4.90 Å². The lowest BCUT2D eigenvalue weighted by atomic mass is 10.2. The average Bonchev–Trinajstić information content (AvgIpc) is 2.43. The van der Waals surface area contributed by atoms with Gasteiger partial charge in [-0.2, -0.15) is 0 Å².